The second-order valence-electron chi connectivity index (χ2n) is 5.59. The standard InChI is InChI=1S/C19H20N4O4S/c1-25-15-9-13(10-16(26-2)18(15)27-3)22-17(24)11-28-19-20-12-21-23(19)14-7-5-4-6-8-14/h4-10,12H,11H2,1-3H3,(H,22,24)/p+1. The largest absolute Gasteiger partial charge is 0.493 e. The topological polar surface area (TPSA) is 89.3 Å². The molecule has 1 aromatic heterocycles. The van der Waals surface area contributed by atoms with Crippen LogP contribution in [0.15, 0.2) is 53.9 Å². The Morgan fingerprint density at radius 2 is 1.79 bits per heavy atom. The van der Waals surface area contributed by atoms with Crippen molar-refractivity contribution in [3.8, 4) is 22.9 Å². The fourth-order valence-electron chi connectivity index (χ4n) is 2.60. The van der Waals surface area contributed by atoms with Crippen LogP contribution in [0.1, 0.15) is 0 Å². The van der Waals surface area contributed by atoms with E-state index in [0.717, 1.165) is 5.69 Å². The molecule has 0 atom stereocenters. The fraction of sp³-hybridized carbons (Fsp3) is 0.211. The van der Waals surface area contributed by atoms with E-state index >= 15 is 0 Å². The number of aromatic amines is 1. The molecule has 1 amide bonds. The molecule has 0 spiro atoms. The summed E-state index contributed by atoms with van der Waals surface area (Å²) in [4.78, 5) is 16.7. The van der Waals surface area contributed by atoms with Gasteiger partial charge in [0.25, 0.3) is 0 Å². The first-order valence-electron chi connectivity index (χ1n) is 8.39. The molecule has 0 saturated heterocycles. The summed E-state index contributed by atoms with van der Waals surface area (Å²) in [5, 5.41) is 6.57. The third kappa shape index (κ3) is 4.37. The third-order valence-electron chi connectivity index (χ3n) is 3.85. The van der Waals surface area contributed by atoms with Gasteiger partial charge in [-0.1, -0.05) is 18.2 Å². The van der Waals surface area contributed by atoms with E-state index in [1.165, 1.54) is 33.1 Å². The summed E-state index contributed by atoms with van der Waals surface area (Å²) in [6.07, 6.45) is 1.59. The Hall–Kier alpha value is -3.20. The number of nitrogens with zero attached hydrogens (tertiary/aromatic N) is 2. The van der Waals surface area contributed by atoms with Gasteiger partial charge in [0.1, 0.15) is 0 Å². The van der Waals surface area contributed by atoms with E-state index in [4.69, 9.17) is 14.2 Å². The Bertz CT molecular complexity index is 921. The van der Waals surface area contributed by atoms with Crippen LogP contribution in [0.5, 0.6) is 17.2 Å². The number of carbonyl (C=O) groups excluding carboxylic acids is 1. The Labute approximate surface area is 166 Å². The number of anilines is 1. The van der Waals surface area contributed by atoms with Gasteiger partial charge in [-0.2, -0.15) is 5.10 Å². The number of H-pyrrole nitrogens is 1. The number of amides is 1. The van der Waals surface area contributed by atoms with Crippen LogP contribution in [-0.4, -0.2) is 43.1 Å². The number of thioether (sulfide) groups is 1. The number of nitrogens with one attached hydrogen (secondary N) is 2. The van der Waals surface area contributed by atoms with Gasteiger partial charge in [-0.3, -0.25) is 4.79 Å². The van der Waals surface area contributed by atoms with Crippen LogP contribution < -0.4 is 24.2 Å². The number of ether oxygens (including phenoxy) is 3. The van der Waals surface area contributed by atoms with Crippen molar-refractivity contribution < 1.29 is 23.7 Å². The highest BCUT2D eigenvalue weighted by atomic mass is 32.2. The molecule has 0 aliphatic carbocycles. The lowest BCUT2D eigenvalue weighted by molar-refractivity contribution is -0.694. The van der Waals surface area contributed by atoms with Gasteiger partial charge in [0.15, 0.2) is 17.2 Å². The van der Waals surface area contributed by atoms with Crippen molar-refractivity contribution in [2.75, 3.05) is 32.4 Å². The number of methoxy groups -OCH3 is 3. The highest BCUT2D eigenvalue weighted by Gasteiger charge is 2.19. The van der Waals surface area contributed by atoms with Gasteiger partial charge >= 0.3 is 5.16 Å². The van der Waals surface area contributed by atoms with Crippen LogP contribution in [0.4, 0.5) is 5.69 Å². The zero-order valence-corrected chi connectivity index (χ0v) is 16.6. The maximum atomic E-state index is 12.4. The van der Waals surface area contributed by atoms with Gasteiger partial charge in [0.05, 0.1) is 27.1 Å². The smallest absolute Gasteiger partial charge is 0.385 e. The molecule has 2 N–H and O–H groups in total. The maximum Gasteiger partial charge on any atom is 0.385 e. The number of carbonyl (C=O) groups is 1. The first-order chi connectivity index (χ1) is 13.7. The molecule has 1 heterocycles. The van der Waals surface area contributed by atoms with Gasteiger partial charge in [-0.25, -0.2) is 0 Å². The minimum absolute atomic E-state index is 0.179. The summed E-state index contributed by atoms with van der Waals surface area (Å²) in [6.45, 7) is 0. The number of hydrogen-bond donors (Lipinski definition) is 2. The van der Waals surface area contributed by atoms with Gasteiger partial charge < -0.3 is 19.5 Å². The van der Waals surface area contributed by atoms with Gasteiger partial charge in [-0.15, -0.1) is 4.68 Å². The monoisotopic (exact) mass is 401 g/mol. The maximum absolute atomic E-state index is 12.4. The summed E-state index contributed by atoms with van der Waals surface area (Å²) >= 11 is 1.32. The van der Waals surface area contributed by atoms with Gasteiger partial charge in [0.2, 0.25) is 18.0 Å². The molecule has 3 rings (SSSR count). The zero-order chi connectivity index (χ0) is 19.9. The lowest BCUT2D eigenvalue weighted by atomic mass is 10.2. The molecule has 0 saturated carbocycles. The van der Waals surface area contributed by atoms with E-state index in [1.807, 2.05) is 35.0 Å². The van der Waals surface area contributed by atoms with Crippen molar-refractivity contribution in [1.29, 1.82) is 0 Å². The first-order valence-corrected chi connectivity index (χ1v) is 9.38. The normalized spacial score (nSPS) is 10.4. The molecule has 0 bridgehead atoms. The molecule has 146 valence electrons. The molecule has 0 fully saturated rings. The Balaban J connectivity index is 1.68. The van der Waals surface area contributed by atoms with E-state index in [9.17, 15) is 4.79 Å². The van der Waals surface area contributed by atoms with Crippen molar-refractivity contribution >= 4 is 23.4 Å². The Morgan fingerprint density at radius 1 is 1.11 bits per heavy atom. The minimum Gasteiger partial charge on any atom is -0.493 e. The van der Waals surface area contributed by atoms with Crippen LogP contribution in [0.3, 0.4) is 0 Å². The number of aromatic nitrogens is 3. The average Bonchev–Trinajstić information content (AvgIpc) is 3.20. The van der Waals surface area contributed by atoms with E-state index in [0.29, 0.717) is 28.1 Å². The summed E-state index contributed by atoms with van der Waals surface area (Å²) in [7, 11) is 4.58. The molecule has 0 radical (unpaired) electrons. The van der Waals surface area contributed by atoms with Crippen molar-refractivity contribution in [1.82, 2.24) is 10.1 Å². The lowest BCUT2D eigenvalue weighted by Gasteiger charge is -2.14. The molecule has 0 aliphatic rings. The van der Waals surface area contributed by atoms with Crippen molar-refractivity contribution in [3.63, 3.8) is 0 Å². The number of para-hydroxylation sites is 1. The summed E-state index contributed by atoms with van der Waals surface area (Å²) in [6, 6.07) is 13.1. The number of benzene rings is 2. The lowest BCUT2D eigenvalue weighted by Crippen LogP contribution is -2.35. The van der Waals surface area contributed by atoms with Crippen LogP contribution in [0, 0.1) is 0 Å². The summed E-state index contributed by atoms with van der Waals surface area (Å²) < 4.78 is 17.7. The summed E-state index contributed by atoms with van der Waals surface area (Å²) in [5.74, 6) is 1.42. The third-order valence-corrected chi connectivity index (χ3v) is 4.80. The SMILES string of the molecule is COc1cc(NC(=O)CSc2nc[nH][n+]2-c2ccccc2)cc(OC)c1OC. The molecule has 9 heteroatoms. The molecule has 0 unspecified atom stereocenters. The van der Waals surface area contributed by atoms with Crippen molar-refractivity contribution in [2.24, 2.45) is 0 Å². The number of rotatable bonds is 8. The van der Waals surface area contributed by atoms with E-state index in [1.54, 1.807) is 18.5 Å². The Kier molecular flexibility index (Phi) is 6.38. The predicted octanol–water partition coefficient (Wildman–Crippen LogP) is 2.44. The molecule has 0 aliphatic heterocycles. The second kappa shape index (κ2) is 9.14. The number of hydrogen-bond acceptors (Lipinski definition) is 6. The van der Waals surface area contributed by atoms with Crippen LogP contribution in [0.2, 0.25) is 0 Å². The minimum atomic E-state index is -0.179. The molecule has 3 aromatic rings. The van der Waals surface area contributed by atoms with Crippen LogP contribution in [0.25, 0.3) is 5.69 Å². The molecule has 2 aromatic carbocycles. The molecule has 8 nitrogen and oxygen atoms in total. The second-order valence-corrected chi connectivity index (χ2v) is 6.53. The highest BCUT2D eigenvalue weighted by Crippen LogP contribution is 2.39. The molecular weight excluding hydrogens is 380 g/mol. The Morgan fingerprint density at radius 3 is 2.39 bits per heavy atom. The van der Waals surface area contributed by atoms with E-state index in [-0.39, 0.29) is 11.7 Å². The quantitative estimate of drug-likeness (QED) is 0.445. The van der Waals surface area contributed by atoms with Gasteiger partial charge in [0, 0.05) is 17.8 Å². The van der Waals surface area contributed by atoms with Gasteiger partial charge in [-0.05, 0) is 28.9 Å². The van der Waals surface area contributed by atoms with E-state index < -0.39 is 0 Å². The molecular formula is C19H21N4O4S+. The van der Waals surface area contributed by atoms with E-state index in [2.05, 4.69) is 15.4 Å². The van der Waals surface area contributed by atoms with Crippen molar-refractivity contribution in [2.45, 2.75) is 5.16 Å². The first kappa shape index (κ1) is 19.6. The predicted molar refractivity (Wildman–Crippen MR) is 106 cm³/mol. The van der Waals surface area contributed by atoms with Crippen LogP contribution in [-0.2, 0) is 4.79 Å². The zero-order valence-electron chi connectivity index (χ0n) is 15.8. The van der Waals surface area contributed by atoms with Crippen LogP contribution >= 0.6 is 11.8 Å². The average molecular weight is 401 g/mol. The highest BCUT2D eigenvalue weighted by molar-refractivity contribution is 7.99. The summed E-state index contributed by atoms with van der Waals surface area (Å²) in [5.41, 5.74) is 1.49. The van der Waals surface area contributed by atoms with Crippen molar-refractivity contribution in [3.05, 3.63) is 48.8 Å². The fourth-order valence-corrected chi connectivity index (χ4v) is 3.35. The molecule has 28 heavy (non-hydrogen) atoms.